The zero-order chi connectivity index (χ0) is 17.0. The molecule has 1 N–H and O–H groups in total. The molecule has 23 heavy (non-hydrogen) atoms. The highest BCUT2D eigenvalue weighted by atomic mass is 19.1. The van der Waals surface area contributed by atoms with Crippen LogP contribution >= 0.6 is 0 Å². The molecule has 1 saturated heterocycles. The van der Waals surface area contributed by atoms with Gasteiger partial charge in [0.1, 0.15) is 5.82 Å². The van der Waals surface area contributed by atoms with Crippen LogP contribution in [0.25, 0.3) is 0 Å². The molecule has 0 spiro atoms. The molecule has 1 aromatic carbocycles. The second kappa shape index (κ2) is 6.98. The standard InChI is InChI=1S/C17H24FN3O2/c1-17(2,3)19-16(23)21-10-6-9-20(11-12-21)15(22)13-7-4-5-8-14(13)18/h4-5,7-8H,6,9-12H2,1-3H3,(H,19,23). The third-order valence-electron chi connectivity index (χ3n) is 3.66. The van der Waals surface area contributed by atoms with Crippen molar-refractivity contribution >= 4 is 11.9 Å². The number of nitrogens with one attached hydrogen (secondary N) is 1. The molecule has 1 aromatic rings. The van der Waals surface area contributed by atoms with E-state index >= 15 is 0 Å². The van der Waals surface area contributed by atoms with Crippen molar-refractivity contribution in [3.8, 4) is 0 Å². The van der Waals surface area contributed by atoms with Gasteiger partial charge in [-0.3, -0.25) is 4.79 Å². The van der Waals surface area contributed by atoms with E-state index in [9.17, 15) is 14.0 Å². The molecular formula is C17H24FN3O2. The minimum Gasteiger partial charge on any atom is -0.337 e. The van der Waals surface area contributed by atoms with Crippen LogP contribution < -0.4 is 5.32 Å². The van der Waals surface area contributed by atoms with Crippen LogP contribution in [0.3, 0.4) is 0 Å². The van der Waals surface area contributed by atoms with E-state index in [0.29, 0.717) is 32.6 Å². The van der Waals surface area contributed by atoms with Crippen LogP contribution in [0.15, 0.2) is 24.3 Å². The van der Waals surface area contributed by atoms with Crippen molar-refractivity contribution in [2.45, 2.75) is 32.7 Å². The van der Waals surface area contributed by atoms with Gasteiger partial charge in [0.15, 0.2) is 0 Å². The molecule has 1 fully saturated rings. The first-order valence-electron chi connectivity index (χ1n) is 7.89. The van der Waals surface area contributed by atoms with Crippen LogP contribution in [-0.4, -0.2) is 53.5 Å². The van der Waals surface area contributed by atoms with E-state index in [-0.39, 0.29) is 23.0 Å². The quantitative estimate of drug-likeness (QED) is 0.864. The summed E-state index contributed by atoms with van der Waals surface area (Å²) in [7, 11) is 0. The van der Waals surface area contributed by atoms with Gasteiger partial charge in [0, 0.05) is 31.7 Å². The first kappa shape index (κ1) is 17.2. The predicted molar refractivity (Wildman–Crippen MR) is 86.8 cm³/mol. The molecule has 126 valence electrons. The van der Waals surface area contributed by atoms with Crippen molar-refractivity contribution in [3.05, 3.63) is 35.6 Å². The Hall–Kier alpha value is -2.11. The molecule has 0 aromatic heterocycles. The second-order valence-electron chi connectivity index (χ2n) is 6.79. The van der Waals surface area contributed by atoms with Crippen LogP contribution in [0.5, 0.6) is 0 Å². The summed E-state index contributed by atoms with van der Waals surface area (Å²) in [5.74, 6) is -0.828. The van der Waals surface area contributed by atoms with Gasteiger partial charge in [0.2, 0.25) is 0 Å². The first-order valence-corrected chi connectivity index (χ1v) is 7.89. The fourth-order valence-corrected chi connectivity index (χ4v) is 2.53. The summed E-state index contributed by atoms with van der Waals surface area (Å²) in [5.41, 5.74) is -0.216. The third kappa shape index (κ3) is 4.68. The van der Waals surface area contributed by atoms with Gasteiger partial charge in [-0.25, -0.2) is 9.18 Å². The van der Waals surface area contributed by atoms with Crippen molar-refractivity contribution < 1.29 is 14.0 Å². The molecular weight excluding hydrogens is 297 g/mol. The summed E-state index contributed by atoms with van der Waals surface area (Å²) in [4.78, 5) is 28.0. The van der Waals surface area contributed by atoms with Crippen LogP contribution in [0, 0.1) is 5.82 Å². The average Bonchev–Trinajstić information content (AvgIpc) is 2.71. The summed E-state index contributed by atoms with van der Waals surface area (Å²) in [6.45, 7) is 7.74. The molecule has 5 nitrogen and oxygen atoms in total. The SMILES string of the molecule is CC(C)(C)NC(=O)N1CCCN(C(=O)c2ccccc2F)CC1. The number of halogens is 1. The fraction of sp³-hybridized carbons (Fsp3) is 0.529. The van der Waals surface area contributed by atoms with Crippen LogP contribution in [0.2, 0.25) is 0 Å². The summed E-state index contributed by atoms with van der Waals surface area (Å²) in [6, 6.07) is 5.86. The molecule has 0 unspecified atom stereocenters. The molecule has 0 atom stereocenters. The monoisotopic (exact) mass is 321 g/mol. The van der Waals surface area contributed by atoms with Crippen LogP contribution in [0.1, 0.15) is 37.6 Å². The van der Waals surface area contributed by atoms with E-state index < -0.39 is 5.82 Å². The highest BCUT2D eigenvalue weighted by Gasteiger charge is 2.25. The lowest BCUT2D eigenvalue weighted by Crippen LogP contribution is -2.49. The van der Waals surface area contributed by atoms with Gasteiger partial charge >= 0.3 is 6.03 Å². The lowest BCUT2D eigenvalue weighted by atomic mass is 10.1. The smallest absolute Gasteiger partial charge is 0.317 e. The van der Waals surface area contributed by atoms with E-state index in [1.54, 1.807) is 21.9 Å². The molecule has 1 aliphatic heterocycles. The molecule has 0 bridgehead atoms. The van der Waals surface area contributed by atoms with Gasteiger partial charge in [-0.15, -0.1) is 0 Å². The maximum atomic E-state index is 13.8. The Morgan fingerprint density at radius 1 is 1.04 bits per heavy atom. The Morgan fingerprint density at radius 3 is 2.30 bits per heavy atom. The summed E-state index contributed by atoms with van der Waals surface area (Å²) < 4.78 is 13.8. The zero-order valence-electron chi connectivity index (χ0n) is 13.9. The van der Waals surface area contributed by atoms with Crippen molar-refractivity contribution in [2.75, 3.05) is 26.2 Å². The Bertz CT molecular complexity index is 583. The summed E-state index contributed by atoms with van der Waals surface area (Å²) in [5, 5.41) is 2.93. The predicted octanol–water partition coefficient (Wildman–Crippen LogP) is 2.48. The van der Waals surface area contributed by atoms with Gasteiger partial charge in [0.25, 0.3) is 5.91 Å². The first-order chi connectivity index (χ1) is 10.8. The minimum atomic E-state index is -0.510. The number of carbonyl (C=O) groups is 2. The molecule has 2 rings (SSSR count). The number of hydrogen-bond acceptors (Lipinski definition) is 2. The molecule has 0 aliphatic carbocycles. The van der Waals surface area contributed by atoms with Crippen molar-refractivity contribution in [1.29, 1.82) is 0 Å². The largest absolute Gasteiger partial charge is 0.337 e. The van der Waals surface area contributed by atoms with E-state index in [1.807, 2.05) is 20.8 Å². The van der Waals surface area contributed by atoms with Gasteiger partial charge < -0.3 is 15.1 Å². The number of benzene rings is 1. The maximum absolute atomic E-state index is 13.8. The van der Waals surface area contributed by atoms with Crippen LogP contribution in [0.4, 0.5) is 9.18 Å². The average molecular weight is 321 g/mol. The van der Waals surface area contributed by atoms with Gasteiger partial charge in [-0.2, -0.15) is 0 Å². The number of urea groups is 1. The van der Waals surface area contributed by atoms with E-state index in [1.165, 1.54) is 12.1 Å². The van der Waals surface area contributed by atoms with Crippen molar-refractivity contribution in [1.82, 2.24) is 15.1 Å². The summed E-state index contributed by atoms with van der Waals surface area (Å²) in [6.07, 6.45) is 0.678. The highest BCUT2D eigenvalue weighted by molar-refractivity contribution is 5.94. The Kier molecular flexibility index (Phi) is 5.23. The van der Waals surface area contributed by atoms with Gasteiger partial charge in [-0.1, -0.05) is 12.1 Å². The normalized spacial score (nSPS) is 16.0. The second-order valence-corrected chi connectivity index (χ2v) is 6.79. The maximum Gasteiger partial charge on any atom is 0.317 e. The van der Waals surface area contributed by atoms with Crippen molar-refractivity contribution in [3.63, 3.8) is 0 Å². The topological polar surface area (TPSA) is 52.7 Å². The lowest BCUT2D eigenvalue weighted by Gasteiger charge is -2.27. The number of hydrogen-bond donors (Lipinski definition) is 1. The Balaban J connectivity index is 2.00. The molecule has 1 aliphatic rings. The van der Waals surface area contributed by atoms with E-state index in [0.717, 1.165) is 0 Å². The highest BCUT2D eigenvalue weighted by Crippen LogP contribution is 2.13. The molecule has 6 heteroatoms. The number of nitrogens with zero attached hydrogens (tertiary/aromatic N) is 2. The number of amides is 3. The molecule has 0 saturated carbocycles. The minimum absolute atomic E-state index is 0.0834. The van der Waals surface area contributed by atoms with E-state index in [4.69, 9.17) is 0 Å². The summed E-state index contributed by atoms with van der Waals surface area (Å²) >= 11 is 0. The zero-order valence-corrected chi connectivity index (χ0v) is 13.9. The fourth-order valence-electron chi connectivity index (χ4n) is 2.53. The Morgan fingerprint density at radius 2 is 1.65 bits per heavy atom. The molecule has 0 radical (unpaired) electrons. The van der Waals surface area contributed by atoms with E-state index in [2.05, 4.69) is 5.32 Å². The van der Waals surface area contributed by atoms with Crippen LogP contribution in [-0.2, 0) is 0 Å². The number of carbonyl (C=O) groups excluding carboxylic acids is 2. The van der Waals surface area contributed by atoms with Gasteiger partial charge in [0.05, 0.1) is 5.56 Å². The number of rotatable bonds is 1. The third-order valence-corrected chi connectivity index (χ3v) is 3.66. The molecule has 3 amide bonds. The van der Waals surface area contributed by atoms with Gasteiger partial charge in [-0.05, 0) is 39.3 Å². The Labute approximate surface area is 136 Å². The molecule has 1 heterocycles. The lowest BCUT2D eigenvalue weighted by molar-refractivity contribution is 0.0757. The van der Waals surface area contributed by atoms with Crippen molar-refractivity contribution in [2.24, 2.45) is 0 Å².